The Labute approximate surface area is 184 Å². The molecular formula is C25H32N2O4. The molecule has 0 saturated carbocycles. The molecule has 1 aliphatic rings. The minimum atomic E-state index is -0.0781. The number of nitrogens with zero attached hydrogens (tertiary/aromatic N) is 1. The van der Waals surface area contributed by atoms with Crippen molar-refractivity contribution in [3.8, 4) is 11.5 Å². The molecule has 0 atom stereocenters. The van der Waals surface area contributed by atoms with E-state index in [0.29, 0.717) is 18.1 Å². The fourth-order valence-corrected chi connectivity index (χ4v) is 3.74. The first-order valence-electron chi connectivity index (χ1n) is 10.8. The van der Waals surface area contributed by atoms with Gasteiger partial charge in [0.05, 0.1) is 13.7 Å². The van der Waals surface area contributed by atoms with Crippen molar-refractivity contribution in [1.82, 2.24) is 10.2 Å². The summed E-state index contributed by atoms with van der Waals surface area (Å²) in [5.41, 5.74) is 2.29. The molecule has 0 bridgehead atoms. The Morgan fingerprint density at radius 2 is 1.71 bits per heavy atom. The van der Waals surface area contributed by atoms with E-state index in [2.05, 4.69) is 5.32 Å². The number of hydrogen-bond donors (Lipinski definition) is 1. The minimum absolute atomic E-state index is 0.0781. The molecule has 0 radical (unpaired) electrons. The molecule has 1 saturated heterocycles. The zero-order chi connectivity index (χ0) is 22.4. The van der Waals surface area contributed by atoms with Gasteiger partial charge < -0.3 is 19.7 Å². The summed E-state index contributed by atoms with van der Waals surface area (Å²) in [6.07, 6.45) is 1.83. The first-order valence-corrected chi connectivity index (χ1v) is 10.8. The molecule has 2 aromatic carbocycles. The highest BCUT2D eigenvalue weighted by Gasteiger charge is 2.25. The summed E-state index contributed by atoms with van der Waals surface area (Å²) in [6, 6.07) is 12.9. The fraction of sp³-hybridized carbons (Fsp3) is 0.440. The first-order chi connectivity index (χ1) is 14.9. The van der Waals surface area contributed by atoms with Gasteiger partial charge in [-0.2, -0.15) is 0 Å². The Morgan fingerprint density at radius 3 is 2.29 bits per heavy atom. The van der Waals surface area contributed by atoms with E-state index >= 15 is 0 Å². The van der Waals surface area contributed by atoms with Crippen LogP contribution in [0.2, 0.25) is 0 Å². The van der Waals surface area contributed by atoms with E-state index in [1.54, 1.807) is 19.2 Å². The maximum absolute atomic E-state index is 12.9. The molecule has 2 aromatic rings. The van der Waals surface area contributed by atoms with Crippen LogP contribution in [0.1, 0.15) is 53.0 Å². The molecule has 1 fully saturated rings. The number of nitrogens with one attached hydrogen (secondary N) is 1. The van der Waals surface area contributed by atoms with Crippen LogP contribution in [0, 0.1) is 12.8 Å². The molecule has 31 heavy (non-hydrogen) atoms. The van der Waals surface area contributed by atoms with Crippen LogP contribution in [0.25, 0.3) is 0 Å². The molecular weight excluding hydrogens is 392 g/mol. The number of benzene rings is 2. The number of aryl methyl sites for hydroxylation is 1. The summed E-state index contributed by atoms with van der Waals surface area (Å²) in [6.45, 7) is 7.88. The van der Waals surface area contributed by atoms with Gasteiger partial charge in [-0.25, -0.2) is 0 Å². The Balaban J connectivity index is 1.47. The van der Waals surface area contributed by atoms with Crippen molar-refractivity contribution in [2.45, 2.75) is 39.7 Å². The monoisotopic (exact) mass is 424 g/mol. The van der Waals surface area contributed by atoms with Gasteiger partial charge in [0.2, 0.25) is 0 Å². The molecule has 166 valence electrons. The Hall–Kier alpha value is -3.02. The highest BCUT2D eigenvalue weighted by atomic mass is 16.5. The minimum Gasteiger partial charge on any atom is -0.497 e. The predicted octanol–water partition coefficient (Wildman–Crippen LogP) is 4.07. The van der Waals surface area contributed by atoms with Crippen LogP contribution in [0.4, 0.5) is 0 Å². The molecule has 0 unspecified atom stereocenters. The van der Waals surface area contributed by atoms with Crippen molar-refractivity contribution in [2.75, 3.05) is 26.8 Å². The van der Waals surface area contributed by atoms with E-state index in [-0.39, 0.29) is 17.9 Å². The molecule has 6 nitrogen and oxygen atoms in total. The molecule has 1 heterocycles. The lowest BCUT2D eigenvalue weighted by Crippen LogP contribution is -2.40. The van der Waals surface area contributed by atoms with Crippen molar-refractivity contribution < 1.29 is 19.1 Å². The van der Waals surface area contributed by atoms with E-state index in [1.807, 2.05) is 56.0 Å². The normalized spacial score (nSPS) is 14.4. The van der Waals surface area contributed by atoms with Crippen molar-refractivity contribution in [3.63, 3.8) is 0 Å². The molecule has 2 amide bonds. The van der Waals surface area contributed by atoms with E-state index in [1.165, 1.54) is 0 Å². The molecule has 1 aliphatic heterocycles. The quantitative estimate of drug-likeness (QED) is 0.727. The SMILES string of the molecule is COc1ccc(C(=O)N2CCC(COc3ccc(C(=O)NC(C)C)cc3)CC2)c(C)c1. The second kappa shape index (κ2) is 10.3. The Morgan fingerprint density at radius 1 is 1.06 bits per heavy atom. The standard InChI is InChI=1S/C25H32N2O4/c1-17(2)26-24(28)20-5-7-21(8-6-20)31-16-19-11-13-27(14-12-19)25(29)23-10-9-22(30-4)15-18(23)3/h5-10,15,17,19H,11-14,16H2,1-4H3,(H,26,28). The van der Waals surface area contributed by atoms with E-state index in [0.717, 1.165) is 48.6 Å². The van der Waals surface area contributed by atoms with Gasteiger partial charge >= 0.3 is 0 Å². The van der Waals surface area contributed by atoms with Crippen LogP contribution >= 0.6 is 0 Å². The molecule has 0 aliphatic carbocycles. The number of piperidine rings is 1. The third-order valence-corrected chi connectivity index (χ3v) is 5.59. The zero-order valence-electron chi connectivity index (χ0n) is 18.8. The van der Waals surface area contributed by atoms with Crippen LogP contribution in [-0.2, 0) is 0 Å². The van der Waals surface area contributed by atoms with Gasteiger partial charge in [-0.3, -0.25) is 9.59 Å². The van der Waals surface area contributed by atoms with Gasteiger partial charge in [-0.15, -0.1) is 0 Å². The molecule has 1 N–H and O–H groups in total. The molecule has 0 aromatic heterocycles. The van der Waals surface area contributed by atoms with Crippen LogP contribution in [0.15, 0.2) is 42.5 Å². The van der Waals surface area contributed by atoms with Gasteiger partial charge in [0.25, 0.3) is 11.8 Å². The largest absolute Gasteiger partial charge is 0.497 e. The van der Waals surface area contributed by atoms with Gasteiger partial charge in [0.15, 0.2) is 0 Å². The molecule has 6 heteroatoms. The lowest BCUT2D eigenvalue weighted by atomic mass is 9.96. The summed E-state index contributed by atoms with van der Waals surface area (Å²) in [4.78, 5) is 26.8. The van der Waals surface area contributed by atoms with Gasteiger partial charge in [0.1, 0.15) is 11.5 Å². The van der Waals surface area contributed by atoms with E-state index in [4.69, 9.17) is 9.47 Å². The van der Waals surface area contributed by atoms with Crippen molar-refractivity contribution >= 4 is 11.8 Å². The number of rotatable bonds is 7. The third-order valence-electron chi connectivity index (χ3n) is 5.59. The third kappa shape index (κ3) is 6.00. The van der Waals surface area contributed by atoms with Gasteiger partial charge in [-0.05, 0) is 87.6 Å². The van der Waals surface area contributed by atoms with E-state index in [9.17, 15) is 9.59 Å². The number of carbonyl (C=O) groups is 2. The number of amides is 2. The summed E-state index contributed by atoms with van der Waals surface area (Å²) < 4.78 is 11.2. The second-order valence-electron chi connectivity index (χ2n) is 8.38. The van der Waals surface area contributed by atoms with Crippen LogP contribution in [0.3, 0.4) is 0 Å². The van der Waals surface area contributed by atoms with Crippen LogP contribution in [-0.4, -0.2) is 49.6 Å². The summed E-state index contributed by atoms with van der Waals surface area (Å²) in [7, 11) is 1.63. The number of hydrogen-bond acceptors (Lipinski definition) is 4. The second-order valence-corrected chi connectivity index (χ2v) is 8.38. The Kier molecular flexibility index (Phi) is 7.55. The topological polar surface area (TPSA) is 67.9 Å². The maximum atomic E-state index is 12.9. The molecule has 0 spiro atoms. The average Bonchev–Trinajstić information content (AvgIpc) is 2.77. The summed E-state index contributed by atoms with van der Waals surface area (Å²) >= 11 is 0. The van der Waals surface area contributed by atoms with Gasteiger partial charge in [-0.1, -0.05) is 0 Å². The first kappa shape index (κ1) is 22.7. The summed E-state index contributed by atoms with van der Waals surface area (Å²) in [5.74, 6) is 1.93. The van der Waals surface area contributed by atoms with Gasteiger partial charge in [0, 0.05) is 30.3 Å². The number of ether oxygens (including phenoxy) is 2. The van der Waals surface area contributed by atoms with E-state index < -0.39 is 0 Å². The highest BCUT2D eigenvalue weighted by molar-refractivity contribution is 5.96. The van der Waals surface area contributed by atoms with Crippen molar-refractivity contribution in [3.05, 3.63) is 59.2 Å². The fourth-order valence-electron chi connectivity index (χ4n) is 3.74. The smallest absolute Gasteiger partial charge is 0.254 e. The maximum Gasteiger partial charge on any atom is 0.254 e. The number of methoxy groups -OCH3 is 1. The lowest BCUT2D eigenvalue weighted by molar-refractivity contribution is 0.0660. The highest BCUT2D eigenvalue weighted by Crippen LogP contribution is 2.23. The number of carbonyl (C=O) groups excluding carboxylic acids is 2. The van der Waals surface area contributed by atoms with Crippen molar-refractivity contribution in [1.29, 1.82) is 0 Å². The van der Waals surface area contributed by atoms with Crippen molar-refractivity contribution in [2.24, 2.45) is 5.92 Å². The zero-order valence-corrected chi connectivity index (χ0v) is 18.8. The summed E-state index contributed by atoms with van der Waals surface area (Å²) in [5, 5.41) is 2.88. The Bertz CT molecular complexity index is 900. The number of likely N-dealkylation sites (tertiary alicyclic amines) is 1. The van der Waals surface area contributed by atoms with Crippen LogP contribution < -0.4 is 14.8 Å². The van der Waals surface area contributed by atoms with Crippen LogP contribution in [0.5, 0.6) is 11.5 Å². The average molecular weight is 425 g/mol. The lowest BCUT2D eigenvalue weighted by Gasteiger charge is -2.32. The predicted molar refractivity (Wildman–Crippen MR) is 121 cm³/mol. The molecule has 3 rings (SSSR count).